The van der Waals surface area contributed by atoms with Gasteiger partial charge in [-0.1, -0.05) is 19.9 Å². The fraction of sp³-hybridized carbons (Fsp3) is 0.150. The molecule has 0 amide bonds. The third kappa shape index (κ3) is 2.65. The molecule has 0 atom stereocenters. The van der Waals surface area contributed by atoms with E-state index in [-0.39, 0.29) is 45.1 Å². The van der Waals surface area contributed by atoms with Gasteiger partial charge in [0.1, 0.15) is 23.5 Å². The fourth-order valence-electron chi connectivity index (χ4n) is 2.81. The molecule has 1 heterocycles. The van der Waals surface area contributed by atoms with Gasteiger partial charge in [0.05, 0.1) is 10.9 Å². The topological polar surface area (TPSA) is 111 Å². The molecular formula is C20H18O6. The maximum atomic E-state index is 12.8. The second kappa shape index (κ2) is 5.84. The summed E-state index contributed by atoms with van der Waals surface area (Å²) in [6, 6.07) is 4.89. The molecule has 0 saturated heterocycles. The van der Waals surface area contributed by atoms with Crippen LogP contribution in [0.2, 0.25) is 0 Å². The summed E-state index contributed by atoms with van der Waals surface area (Å²) in [4.78, 5) is 12.8. The van der Waals surface area contributed by atoms with E-state index in [4.69, 9.17) is 4.42 Å². The lowest BCUT2D eigenvalue weighted by Gasteiger charge is -2.23. The van der Waals surface area contributed by atoms with Crippen LogP contribution in [0.4, 0.5) is 0 Å². The van der Waals surface area contributed by atoms with E-state index in [1.807, 2.05) is 13.8 Å². The number of phenolic OH excluding ortho intramolecular Hbond substituents is 4. The van der Waals surface area contributed by atoms with Crippen molar-refractivity contribution in [3.05, 3.63) is 59.0 Å². The fourth-order valence-corrected chi connectivity index (χ4v) is 2.81. The van der Waals surface area contributed by atoms with Gasteiger partial charge in [-0.25, -0.2) is 0 Å². The number of hydrogen-bond donors (Lipinski definition) is 4. The van der Waals surface area contributed by atoms with E-state index in [0.717, 1.165) is 18.4 Å². The first-order valence-corrected chi connectivity index (χ1v) is 7.83. The van der Waals surface area contributed by atoms with Crippen LogP contribution in [-0.4, -0.2) is 20.4 Å². The van der Waals surface area contributed by atoms with Gasteiger partial charge < -0.3 is 24.8 Å². The number of phenols is 4. The van der Waals surface area contributed by atoms with Gasteiger partial charge in [-0.05, 0) is 12.1 Å². The molecular weight excluding hydrogens is 336 g/mol. The minimum absolute atomic E-state index is 0.0288. The van der Waals surface area contributed by atoms with Crippen molar-refractivity contribution in [1.29, 1.82) is 0 Å². The zero-order chi connectivity index (χ0) is 19.2. The first-order chi connectivity index (χ1) is 12.2. The molecule has 0 fully saturated rings. The quantitative estimate of drug-likeness (QED) is 0.533. The third-order valence-electron chi connectivity index (χ3n) is 4.45. The number of fused-ring (bicyclic) bond motifs is 1. The van der Waals surface area contributed by atoms with Crippen LogP contribution in [0.25, 0.3) is 22.1 Å². The van der Waals surface area contributed by atoms with E-state index in [9.17, 15) is 25.2 Å². The summed E-state index contributed by atoms with van der Waals surface area (Å²) < 4.78 is 5.35. The molecule has 134 valence electrons. The Kier molecular flexibility index (Phi) is 3.91. The lowest BCUT2D eigenvalue weighted by Crippen LogP contribution is -2.14. The van der Waals surface area contributed by atoms with Crippen LogP contribution in [0, 0.1) is 0 Å². The number of aromatic hydroxyl groups is 4. The minimum Gasteiger partial charge on any atom is -0.508 e. The SMILES string of the molecule is C=CC(C)(C)c1cc(-c2coc3c(O)cc(O)cc3c2=O)c(O)cc1O. The van der Waals surface area contributed by atoms with Crippen LogP contribution in [-0.2, 0) is 5.41 Å². The standard InChI is InChI=1S/C20H18O6/c1-4-20(2,3)14-7-11(15(22)8-16(14)23)13-9-26-19-12(18(13)25)5-10(21)6-17(19)24/h4-9,21-24H,1H2,2-3H3. The monoisotopic (exact) mass is 354 g/mol. The molecule has 0 saturated carbocycles. The highest BCUT2D eigenvalue weighted by Gasteiger charge is 2.24. The summed E-state index contributed by atoms with van der Waals surface area (Å²) in [5, 5.41) is 39.8. The summed E-state index contributed by atoms with van der Waals surface area (Å²) in [6.45, 7) is 7.40. The summed E-state index contributed by atoms with van der Waals surface area (Å²) in [7, 11) is 0. The van der Waals surface area contributed by atoms with Crippen molar-refractivity contribution in [2.24, 2.45) is 0 Å². The maximum Gasteiger partial charge on any atom is 0.200 e. The molecule has 0 bridgehead atoms. The van der Waals surface area contributed by atoms with Crippen LogP contribution < -0.4 is 5.43 Å². The van der Waals surface area contributed by atoms with Gasteiger partial charge in [0, 0.05) is 28.7 Å². The average molecular weight is 354 g/mol. The molecule has 0 radical (unpaired) electrons. The number of rotatable bonds is 3. The van der Waals surface area contributed by atoms with E-state index in [1.54, 1.807) is 6.08 Å². The average Bonchev–Trinajstić information content (AvgIpc) is 2.56. The Balaban J connectivity index is 2.34. The normalized spacial score (nSPS) is 11.6. The van der Waals surface area contributed by atoms with Crippen molar-refractivity contribution in [2.45, 2.75) is 19.3 Å². The van der Waals surface area contributed by atoms with E-state index < -0.39 is 10.8 Å². The lowest BCUT2D eigenvalue weighted by molar-refractivity contribution is 0.438. The minimum atomic E-state index is -0.611. The highest BCUT2D eigenvalue weighted by Crippen LogP contribution is 2.40. The molecule has 3 aromatic rings. The van der Waals surface area contributed by atoms with Gasteiger partial charge in [-0.2, -0.15) is 0 Å². The van der Waals surface area contributed by atoms with E-state index >= 15 is 0 Å². The van der Waals surface area contributed by atoms with E-state index in [2.05, 4.69) is 6.58 Å². The summed E-state index contributed by atoms with van der Waals surface area (Å²) >= 11 is 0. The van der Waals surface area contributed by atoms with Gasteiger partial charge in [-0.3, -0.25) is 4.79 Å². The Morgan fingerprint density at radius 3 is 2.31 bits per heavy atom. The Hall–Kier alpha value is -3.41. The molecule has 3 rings (SSSR count). The Morgan fingerprint density at radius 1 is 0.962 bits per heavy atom. The second-order valence-corrected chi connectivity index (χ2v) is 6.63. The lowest BCUT2D eigenvalue weighted by atomic mass is 9.82. The summed E-state index contributed by atoms with van der Waals surface area (Å²) in [5.41, 5.74) is -0.562. The predicted octanol–water partition coefficient (Wildman–Crippen LogP) is 3.75. The van der Waals surface area contributed by atoms with Crippen LogP contribution in [0.15, 0.2) is 52.4 Å². The first kappa shape index (κ1) is 17.4. The summed E-state index contributed by atoms with van der Waals surface area (Å²) in [6.07, 6.45) is 2.76. The molecule has 4 N–H and O–H groups in total. The molecule has 0 aliphatic rings. The highest BCUT2D eigenvalue weighted by molar-refractivity contribution is 5.88. The highest BCUT2D eigenvalue weighted by atomic mass is 16.3. The molecule has 6 nitrogen and oxygen atoms in total. The van der Waals surface area contributed by atoms with Crippen LogP contribution in [0.1, 0.15) is 19.4 Å². The van der Waals surface area contributed by atoms with Crippen molar-refractivity contribution >= 4 is 11.0 Å². The van der Waals surface area contributed by atoms with Crippen molar-refractivity contribution in [3.8, 4) is 34.1 Å². The molecule has 6 heteroatoms. The van der Waals surface area contributed by atoms with Crippen molar-refractivity contribution < 1.29 is 24.8 Å². The van der Waals surface area contributed by atoms with Gasteiger partial charge in [0.2, 0.25) is 5.43 Å². The van der Waals surface area contributed by atoms with Crippen LogP contribution in [0.5, 0.6) is 23.0 Å². The first-order valence-electron chi connectivity index (χ1n) is 7.83. The number of benzene rings is 2. The molecule has 0 spiro atoms. The number of hydrogen-bond acceptors (Lipinski definition) is 6. The Labute approximate surface area is 148 Å². The molecule has 0 aliphatic carbocycles. The second-order valence-electron chi connectivity index (χ2n) is 6.63. The van der Waals surface area contributed by atoms with Gasteiger partial charge in [0.15, 0.2) is 11.3 Å². The van der Waals surface area contributed by atoms with Crippen molar-refractivity contribution in [1.82, 2.24) is 0 Å². The van der Waals surface area contributed by atoms with E-state index in [1.165, 1.54) is 12.1 Å². The van der Waals surface area contributed by atoms with E-state index in [0.29, 0.717) is 5.56 Å². The zero-order valence-electron chi connectivity index (χ0n) is 14.3. The van der Waals surface area contributed by atoms with Crippen molar-refractivity contribution in [2.75, 3.05) is 0 Å². The smallest absolute Gasteiger partial charge is 0.200 e. The van der Waals surface area contributed by atoms with Crippen LogP contribution in [0.3, 0.4) is 0 Å². The number of allylic oxidation sites excluding steroid dienone is 1. The maximum absolute atomic E-state index is 12.8. The zero-order valence-corrected chi connectivity index (χ0v) is 14.3. The van der Waals surface area contributed by atoms with Crippen LogP contribution >= 0.6 is 0 Å². The molecule has 26 heavy (non-hydrogen) atoms. The third-order valence-corrected chi connectivity index (χ3v) is 4.45. The summed E-state index contributed by atoms with van der Waals surface area (Å²) in [5.74, 6) is -1.09. The van der Waals surface area contributed by atoms with Crippen molar-refractivity contribution in [3.63, 3.8) is 0 Å². The largest absolute Gasteiger partial charge is 0.508 e. The predicted molar refractivity (Wildman–Crippen MR) is 97.8 cm³/mol. The van der Waals surface area contributed by atoms with Gasteiger partial charge in [0.25, 0.3) is 0 Å². The Morgan fingerprint density at radius 2 is 1.65 bits per heavy atom. The van der Waals surface area contributed by atoms with Gasteiger partial charge in [-0.15, -0.1) is 6.58 Å². The molecule has 2 aromatic carbocycles. The molecule has 0 unspecified atom stereocenters. The van der Waals surface area contributed by atoms with Gasteiger partial charge >= 0.3 is 0 Å². The molecule has 0 aliphatic heterocycles. The Bertz CT molecular complexity index is 1090. The molecule has 1 aromatic heterocycles.